The Morgan fingerprint density at radius 2 is 2.29 bits per heavy atom. The molecule has 0 radical (unpaired) electrons. The van der Waals surface area contributed by atoms with E-state index in [4.69, 9.17) is 0 Å². The molecule has 6 heteroatoms. The lowest BCUT2D eigenvalue weighted by Gasteiger charge is -2.24. The van der Waals surface area contributed by atoms with Gasteiger partial charge in [0.15, 0.2) is 0 Å². The number of hydrogen-bond acceptors (Lipinski definition) is 3. The van der Waals surface area contributed by atoms with Gasteiger partial charge in [0.2, 0.25) is 11.8 Å². The number of carbonyl (C=O) groups is 2. The Hall–Kier alpha value is -1.85. The molecule has 2 amide bonds. The second-order valence-electron chi connectivity index (χ2n) is 5.87. The zero-order chi connectivity index (χ0) is 14.8. The zero-order valence-electron chi connectivity index (χ0n) is 12.4. The molecule has 1 atom stereocenters. The van der Waals surface area contributed by atoms with Gasteiger partial charge in [-0.15, -0.1) is 0 Å². The molecule has 1 saturated carbocycles. The van der Waals surface area contributed by atoms with E-state index in [2.05, 4.69) is 5.10 Å². The molecule has 1 unspecified atom stereocenters. The number of likely N-dealkylation sites (N-methyl/N-ethyl adjacent to an activating group) is 1. The molecule has 2 fully saturated rings. The van der Waals surface area contributed by atoms with Gasteiger partial charge in [-0.3, -0.25) is 14.3 Å². The number of nitrogens with zero attached hydrogens (tertiary/aromatic N) is 4. The molecule has 6 nitrogen and oxygen atoms in total. The third-order valence-electron chi connectivity index (χ3n) is 4.35. The summed E-state index contributed by atoms with van der Waals surface area (Å²) in [6, 6.07) is 2.29. The first-order valence-electron chi connectivity index (χ1n) is 7.74. The largest absolute Gasteiger partial charge is 0.341 e. The third kappa shape index (κ3) is 3.09. The van der Waals surface area contributed by atoms with Crippen LogP contribution in [0.25, 0.3) is 0 Å². The predicted octanol–water partition coefficient (Wildman–Crippen LogP) is 0.742. The predicted molar refractivity (Wildman–Crippen MR) is 77.3 cm³/mol. The van der Waals surface area contributed by atoms with Crippen molar-refractivity contribution < 1.29 is 9.59 Å². The molecular weight excluding hydrogens is 268 g/mol. The summed E-state index contributed by atoms with van der Waals surface area (Å²) in [5.74, 6) is 0.107. The molecule has 2 aliphatic rings. The van der Waals surface area contributed by atoms with E-state index in [0.29, 0.717) is 38.6 Å². The Morgan fingerprint density at radius 3 is 2.90 bits per heavy atom. The van der Waals surface area contributed by atoms with Crippen LogP contribution in [0.1, 0.15) is 26.2 Å². The van der Waals surface area contributed by atoms with E-state index >= 15 is 0 Å². The van der Waals surface area contributed by atoms with E-state index in [-0.39, 0.29) is 17.7 Å². The standard InChI is InChI=1S/C15H22N4O2/c1-2-17(8-9-18-7-3-6-16-18)15(21)12-10-14(20)19(11-12)13-4-5-13/h3,6-7,12-13H,2,4-5,8-11H2,1H3. The molecule has 114 valence electrons. The van der Waals surface area contributed by atoms with Crippen molar-refractivity contribution >= 4 is 11.8 Å². The Labute approximate surface area is 124 Å². The van der Waals surface area contributed by atoms with E-state index in [1.165, 1.54) is 0 Å². The molecule has 1 aromatic heterocycles. The van der Waals surface area contributed by atoms with Crippen molar-refractivity contribution in [2.75, 3.05) is 19.6 Å². The first kappa shape index (κ1) is 14.1. The molecule has 0 aromatic carbocycles. The topological polar surface area (TPSA) is 58.4 Å². The van der Waals surface area contributed by atoms with Crippen LogP contribution < -0.4 is 0 Å². The third-order valence-corrected chi connectivity index (χ3v) is 4.35. The van der Waals surface area contributed by atoms with E-state index < -0.39 is 0 Å². The number of likely N-dealkylation sites (tertiary alicyclic amines) is 1. The SMILES string of the molecule is CCN(CCn1cccn1)C(=O)C1CC(=O)N(C2CC2)C1. The van der Waals surface area contributed by atoms with Gasteiger partial charge >= 0.3 is 0 Å². The number of hydrogen-bond donors (Lipinski definition) is 0. The summed E-state index contributed by atoms with van der Waals surface area (Å²) in [6.45, 7) is 4.61. The highest BCUT2D eigenvalue weighted by molar-refractivity contribution is 5.89. The summed E-state index contributed by atoms with van der Waals surface area (Å²) >= 11 is 0. The molecule has 1 aliphatic heterocycles. The van der Waals surface area contributed by atoms with Crippen LogP contribution in [-0.4, -0.2) is 57.1 Å². The molecule has 0 bridgehead atoms. The normalized spacial score (nSPS) is 21.9. The van der Waals surface area contributed by atoms with Crippen LogP contribution in [0, 0.1) is 5.92 Å². The van der Waals surface area contributed by atoms with Crippen molar-refractivity contribution in [3.05, 3.63) is 18.5 Å². The fourth-order valence-electron chi connectivity index (χ4n) is 2.97. The van der Waals surface area contributed by atoms with Crippen LogP contribution in [-0.2, 0) is 16.1 Å². The highest BCUT2D eigenvalue weighted by Gasteiger charge is 2.42. The van der Waals surface area contributed by atoms with Gasteiger partial charge in [-0.2, -0.15) is 5.10 Å². The number of aromatic nitrogens is 2. The summed E-state index contributed by atoms with van der Waals surface area (Å²) in [4.78, 5) is 28.3. The average molecular weight is 290 g/mol. The van der Waals surface area contributed by atoms with Crippen molar-refractivity contribution in [2.45, 2.75) is 38.8 Å². The number of carbonyl (C=O) groups excluding carboxylic acids is 2. The number of amides is 2. The minimum Gasteiger partial charge on any atom is -0.341 e. The van der Waals surface area contributed by atoms with Crippen molar-refractivity contribution in [2.24, 2.45) is 5.92 Å². The molecule has 0 spiro atoms. The Bertz CT molecular complexity index is 510. The van der Waals surface area contributed by atoms with Crippen molar-refractivity contribution in [1.82, 2.24) is 19.6 Å². The van der Waals surface area contributed by atoms with E-state index in [1.54, 1.807) is 6.20 Å². The highest BCUT2D eigenvalue weighted by atomic mass is 16.2. The molecule has 0 N–H and O–H groups in total. The molecular formula is C15H22N4O2. The summed E-state index contributed by atoms with van der Waals surface area (Å²) in [5, 5.41) is 4.15. The van der Waals surface area contributed by atoms with Gasteiger partial charge in [-0.05, 0) is 25.8 Å². The lowest BCUT2D eigenvalue weighted by Crippen LogP contribution is -2.39. The second-order valence-corrected chi connectivity index (χ2v) is 5.87. The number of rotatable bonds is 6. The molecule has 1 aliphatic carbocycles. The summed E-state index contributed by atoms with van der Waals surface area (Å²) in [5.41, 5.74) is 0. The van der Waals surface area contributed by atoms with Gasteiger partial charge in [0, 0.05) is 44.5 Å². The van der Waals surface area contributed by atoms with Crippen LogP contribution >= 0.6 is 0 Å². The molecule has 3 rings (SSSR count). The molecule has 1 saturated heterocycles. The van der Waals surface area contributed by atoms with Crippen molar-refractivity contribution in [1.29, 1.82) is 0 Å². The van der Waals surface area contributed by atoms with Gasteiger partial charge in [0.25, 0.3) is 0 Å². The lowest BCUT2D eigenvalue weighted by molar-refractivity contribution is -0.135. The van der Waals surface area contributed by atoms with Crippen molar-refractivity contribution in [3.63, 3.8) is 0 Å². The first-order chi connectivity index (χ1) is 10.2. The molecule has 2 heterocycles. The maximum absolute atomic E-state index is 12.6. The quantitative estimate of drug-likeness (QED) is 0.776. The van der Waals surface area contributed by atoms with Gasteiger partial charge < -0.3 is 9.80 Å². The Kier molecular flexibility index (Phi) is 3.94. The summed E-state index contributed by atoms with van der Waals surface area (Å²) in [7, 11) is 0. The summed E-state index contributed by atoms with van der Waals surface area (Å²) in [6.07, 6.45) is 6.22. The van der Waals surface area contributed by atoms with E-state index in [1.807, 2.05) is 33.7 Å². The maximum atomic E-state index is 12.6. The maximum Gasteiger partial charge on any atom is 0.228 e. The van der Waals surface area contributed by atoms with E-state index in [9.17, 15) is 9.59 Å². The minimum absolute atomic E-state index is 0.112. The van der Waals surface area contributed by atoms with Crippen LogP contribution in [0.3, 0.4) is 0 Å². The van der Waals surface area contributed by atoms with Gasteiger partial charge in [-0.25, -0.2) is 0 Å². The Balaban J connectivity index is 1.56. The Morgan fingerprint density at radius 1 is 1.48 bits per heavy atom. The molecule has 21 heavy (non-hydrogen) atoms. The van der Waals surface area contributed by atoms with Crippen LogP contribution in [0.2, 0.25) is 0 Å². The van der Waals surface area contributed by atoms with E-state index in [0.717, 1.165) is 12.8 Å². The van der Waals surface area contributed by atoms with Crippen LogP contribution in [0.15, 0.2) is 18.5 Å². The smallest absolute Gasteiger partial charge is 0.228 e. The van der Waals surface area contributed by atoms with Gasteiger partial charge in [-0.1, -0.05) is 0 Å². The second kappa shape index (κ2) is 5.87. The van der Waals surface area contributed by atoms with Gasteiger partial charge in [0.1, 0.15) is 0 Å². The fourth-order valence-corrected chi connectivity index (χ4v) is 2.97. The van der Waals surface area contributed by atoms with Gasteiger partial charge in [0.05, 0.1) is 12.5 Å². The van der Waals surface area contributed by atoms with Crippen LogP contribution in [0.4, 0.5) is 0 Å². The average Bonchev–Trinajstić information content (AvgIpc) is 3.04. The monoisotopic (exact) mass is 290 g/mol. The zero-order valence-corrected chi connectivity index (χ0v) is 12.4. The lowest BCUT2D eigenvalue weighted by atomic mass is 10.1. The highest BCUT2D eigenvalue weighted by Crippen LogP contribution is 2.33. The van der Waals surface area contributed by atoms with Crippen LogP contribution in [0.5, 0.6) is 0 Å². The van der Waals surface area contributed by atoms with Crippen molar-refractivity contribution in [3.8, 4) is 0 Å². The fraction of sp³-hybridized carbons (Fsp3) is 0.667. The molecule has 1 aromatic rings. The minimum atomic E-state index is -0.157. The first-order valence-corrected chi connectivity index (χ1v) is 7.74. The summed E-state index contributed by atoms with van der Waals surface area (Å²) < 4.78 is 1.83.